The van der Waals surface area contributed by atoms with E-state index >= 15 is 0 Å². The maximum atomic E-state index is 13.5. The van der Waals surface area contributed by atoms with Crippen LogP contribution >= 0.6 is 15.9 Å². The lowest BCUT2D eigenvalue weighted by molar-refractivity contribution is 0.143. The van der Waals surface area contributed by atoms with Crippen LogP contribution in [0.15, 0.2) is 16.6 Å². The van der Waals surface area contributed by atoms with Gasteiger partial charge in [-0.15, -0.1) is 0 Å². The van der Waals surface area contributed by atoms with Crippen LogP contribution in [-0.4, -0.2) is 23.3 Å². The molecule has 20 heavy (non-hydrogen) atoms. The first-order valence-corrected chi connectivity index (χ1v) is 7.23. The summed E-state index contributed by atoms with van der Waals surface area (Å²) in [5.41, 5.74) is 7.39. The molecule has 1 heterocycles. The van der Waals surface area contributed by atoms with E-state index in [0.717, 1.165) is 11.9 Å². The summed E-state index contributed by atoms with van der Waals surface area (Å²) in [5, 5.41) is 0. The van der Waals surface area contributed by atoms with Crippen molar-refractivity contribution >= 4 is 32.9 Å². The van der Waals surface area contributed by atoms with Crippen molar-refractivity contribution in [3.63, 3.8) is 0 Å². The number of imidazole rings is 1. The molecule has 0 aliphatic rings. The Hall–Kier alpha value is -1.14. The molecule has 1 aromatic carbocycles. The Labute approximate surface area is 126 Å². The van der Waals surface area contributed by atoms with Crippen LogP contribution < -0.4 is 5.73 Å². The van der Waals surface area contributed by atoms with Gasteiger partial charge in [0.1, 0.15) is 5.82 Å². The van der Waals surface area contributed by atoms with Crippen molar-refractivity contribution in [2.75, 3.05) is 19.5 Å². The van der Waals surface area contributed by atoms with Crippen molar-refractivity contribution in [1.82, 2.24) is 9.55 Å². The Bertz CT molecular complexity index is 624. The monoisotopic (exact) mass is 343 g/mol. The van der Waals surface area contributed by atoms with Crippen LogP contribution in [0.4, 0.5) is 10.3 Å². The summed E-state index contributed by atoms with van der Waals surface area (Å²) in [6, 6.07) is 3.12. The highest BCUT2D eigenvalue weighted by molar-refractivity contribution is 9.10. The summed E-state index contributed by atoms with van der Waals surface area (Å²) in [6.07, 6.45) is 0.908. The molecule has 6 heteroatoms. The van der Waals surface area contributed by atoms with Crippen LogP contribution in [-0.2, 0) is 11.3 Å². The van der Waals surface area contributed by atoms with Gasteiger partial charge in [0.15, 0.2) is 0 Å². The molecule has 4 nitrogen and oxygen atoms in total. The number of ether oxygens (including phenoxy) is 1. The lowest BCUT2D eigenvalue weighted by Crippen LogP contribution is -2.22. The molecule has 110 valence electrons. The molecule has 2 N–H and O–H groups in total. The SMILES string of the molecule is COCCC(C)(C)Cn1c(N)nc2cc(F)c(Br)cc21. The van der Waals surface area contributed by atoms with Crippen LogP contribution in [0, 0.1) is 11.2 Å². The maximum Gasteiger partial charge on any atom is 0.201 e. The van der Waals surface area contributed by atoms with E-state index in [-0.39, 0.29) is 11.2 Å². The standard InChI is InChI=1S/C14H19BrFN3O/c1-14(2,4-5-20-3)8-19-12-6-9(15)10(16)7-11(12)18-13(19)17/h6-7H,4-5,8H2,1-3H3,(H2,17,18). The number of nitrogens with two attached hydrogens (primary N) is 1. The predicted octanol–water partition coefficient (Wildman–Crippen LogP) is 3.58. The van der Waals surface area contributed by atoms with Gasteiger partial charge >= 0.3 is 0 Å². The summed E-state index contributed by atoms with van der Waals surface area (Å²) < 4.78 is 21.0. The fourth-order valence-electron chi connectivity index (χ4n) is 2.19. The minimum Gasteiger partial charge on any atom is -0.385 e. The van der Waals surface area contributed by atoms with Crippen molar-refractivity contribution in [1.29, 1.82) is 0 Å². The summed E-state index contributed by atoms with van der Waals surface area (Å²) in [6.45, 7) is 5.69. The number of anilines is 1. The van der Waals surface area contributed by atoms with E-state index < -0.39 is 0 Å². The van der Waals surface area contributed by atoms with Gasteiger partial charge in [-0.3, -0.25) is 0 Å². The van der Waals surface area contributed by atoms with Crippen molar-refractivity contribution in [2.24, 2.45) is 5.41 Å². The first kappa shape index (κ1) is 15.3. The van der Waals surface area contributed by atoms with Gasteiger partial charge in [0.25, 0.3) is 0 Å². The number of halogens is 2. The zero-order chi connectivity index (χ0) is 14.9. The van der Waals surface area contributed by atoms with Gasteiger partial charge in [0.2, 0.25) is 5.95 Å². The van der Waals surface area contributed by atoms with Gasteiger partial charge < -0.3 is 15.0 Å². The van der Waals surface area contributed by atoms with Crippen molar-refractivity contribution < 1.29 is 9.13 Å². The molecule has 0 amide bonds. The van der Waals surface area contributed by atoms with E-state index in [0.29, 0.717) is 29.1 Å². The number of benzene rings is 1. The molecule has 1 aromatic heterocycles. The molecule has 0 radical (unpaired) electrons. The summed E-state index contributed by atoms with van der Waals surface area (Å²) in [4.78, 5) is 4.23. The average Bonchev–Trinajstić information content (AvgIpc) is 2.64. The van der Waals surface area contributed by atoms with Gasteiger partial charge in [-0.2, -0.15) is 0 Å². The Balaban J connectivity index is 2.39. The third-order valence-electron chi connectivity index (χ3n) is 3.39. The molecule has 0 atom stereocenters. The summed E-state index contributed by atoms with van der Waals surface area (Å²) in [5.74, 6) is 0.0729. The quantitative estimate of drug-likeness (QED) is 0.902. The summed E-state index contributed by atoms with van der Waals surface area (Å²) >= 11 is 3.20. The molecule has 0 aliphatic heterocycles. The van der Waals surface area contributed by atoms with Crippen LogP contribution in [0.5, 0.6) is 0 Å². The molecular formula is C14H19BrFN3O. The van der Waals surface area contributed by atoms with Crippen LogP contribution in [0.25, 0.3) is 11.0 Å². The highest BCUT2D eigenvalue weighted by atomic mass is 79.9. The predicted molar refractivity (Wildman–Crippen MR) is 82.1 cm³/mol. The van der Waals surface area contributed by atoms with Gasteiger partial charge in [-0.25, -0.2) is 9.37 Å². The molecule has 0 unspecified atom stereocenters. The highest BCUT2D eigenvalue weighted by Gasteiger charge is 2.21. The van der Waals surface area contributed by atoms with Crippen molar-refractivity contribution in [2.45, 2.75) is 26.8 Å². The maximum absolute atomic E-state index is 13.5. The Morgan fingerprint density at radius 2 is 2.15 bits per heavy atom. The minimum absolute atomic E-state index is 0.0125. The van der Waals surface area contributed by atoms with Crippen molar-refractivity contribution in [3.8, 4) is 0 Å². The number of methoxy groups -OCH3 is 1. The van der Waals surface area contributed by atoms with Gasteiger partial charge in [-0.1, -0.05) is 13.8 Å². The summed E-state index contributed by atoms with van der Waals surface area (Å²) in [7, 11) is 1.69. The largest absolute Gasteiger partial charge is 0.385 e. The van der Waals surface area contributed by atoms with Crippen LogP contribution in [0.2, 0.25) is 0 Å². The second-order valence-corrected chi connectivity index (χ2v) is 6.57. The zero-order valence-corrected chi connectivity index (χ0v) is 13.5. The van der Waals surface area contributed by atoms with Gasteiger partial charge in [0, 0.05) is 26.3 Å². The van der Waals surface area contributed by atoms with Crippen LogP contribution in [0.3, 0.4) is 0 Å². The number of rotatable bonds is 5. The second kappa shape index (κ2) is 5.69. The lowest BCUT2D eigenvalue weighted by atomic mass is 9.89. The Kier molecular flexibility index (Phi) is 4.34. The molecule has 0 aliphatic carbocycles. The fourth-order valence-corrected chi connectivity index (χ4v) is 2.52. The number of hydrogen-bond donors (Lipinski definition) is 1. The first-order chi connectivity index (χ1) is 9.34. The zero-order valence-electron chi connectivity index (χ0n) is 11.9. The molecule has 2 rings (SSSR count). The Morgan fingerprint density at radius 1 is 1.45 bits per heavy atom. The molecule has 0 spiro atoms. The van der Waals surface area contributed by atoms with E-state index in [1.807, 2.05) is 4.57 Å². The second-order valence-electron chi connectivity index (χ2n) is 5.72. The van der Waals surface area contributed by atoms with Crippen molar-refractivity contribution in [3.05, 3.63) is 22.4 Å². The van der Waals surface area contributed by atoms with E-state index in [1.54, 1.807) is 13.2 Å². The molecule has 0 saturated heterocycles. The highest BCUT2D eigenvalue weighted by Crippen LogP contribution is 2.30. The third kappa shape index (κ3) is 3.12. The molecule has 0 bridgehead atoms. The van der Waals surface area contributed by atoms with Gasteiger partial charge in [-0.05, 0) is 33.8 Å². The number of fused-ring (bicyclic) bond motifs is 1. The molecule has 0 saturated carbocycles. The van der Waals surface area contributed by atoms with E-state index in [4.69, 9.17) is 10.5 Å². The molecule has 2 aromatic rings. The smallest absolute Gasteiger partial charge is 0.201 e. The topological polar surface area (TPSA) is 53.1 Å². The minimum atomic E-state index is -0.333. The fraction of sp³-hybridized carbons (Fsp3) is 0.500. The number of hydrogen-bond acceptors (Lipinski definition) is 3. The molecule has 0 fully saturated rings. The number of aromatic nitrogens is 2. The molecular weight excluding hydrogens is 325 g/mol. The first-order valence-electron chi connectivity index (χ1n) is 6.44. The Morgan fingerprint density at radius 3 is 2.80 bits per heavy atom. The third-order valence-corrected chi connectivity index (χ3v) is 4.00. The average molecular weight is 344 g/mol. The number of nitrogen functional groups attached to an aromatic ring is 1. The normalized spacial score (nSPS) is 12.2. The number of nitrogens with zero attached hydrogens (tertiary/aromatic N) is 2. The lowest BCUT2D eigenvalue weighted by Gasteiger charge is -2.25. The van der Waals surface area contributed by atoms with E-state index in [2.05, 4.69) is 34.8 Å². The van der Waals surface area contributed by atoms with Gasteiger partial charge in [0.05, 0.1) is 15.5 Å². The van der Waals surface area contributed by atoms with E-state index in [1.165, 1.54) is 6.07 Å². The van der Waals surface area contributed by atoms with Crippen LogP contribution in [0.1, 0.15) is 20.3 Å². The van der Waals surface area contributed by atoms with E-state index in [9.17, 15) is 4.39 Å².